The summed E-state index contributed by atoms with van der Waals surface area (Å²) >= 11 is 0. The lowest BCUT2D eigenvalue weighted by atomic mass is 10.1. The molecule has 1 aromatic rings. The zero-order valence-corrected chi connectivity index (χ0v) is 8.62. The van der Waals surface area contributed by atoms with Crippen LogP contribution in [0.5, 0.6) is 5.75 Å². The Morgan fingerprint density at radius 1 is 1.47 bits per heavy atom. The van der Waals surface area contributed by atoms with Crippen LogP contribution in [-0.4, -0.2) is 17.7 Å². The number of halogens is 3. The first-order valence-electron chi connectivity index (χ1n) is 4.55. The van der Waals surface area contributed by atoms with Gasteiger partial charge in [0.15, 0.2) is 0 Å². The molecule has 0 saturated heterocycles. The largest absolute Gasteiger partial charge is 0.488 e. The molecule has 0 saturated carbocycles. The van der Waals surface area contributed by atoms with Gasteiger partial charge in [-0.2, -0.15) is 13.2 Å². The zero-order chi connectivity index (χ0) is 13.1. The van der Waals surface area contributed by atoms with E-state index in [1.54, 1.807) is 0 Å². The van der Waals surface area contributed by atoms with E-state index in [4.69, 9.17) is 9.84 Å². The normalized spacial score (nSPS) is 11.0. The van der Waals surface area contributed by atoms with Gasteiger partial charge >= 0.3 is 12.1 Å². The Labute approximate surface area is 95.1 Å². The second kappa shape index (κ2) is 4.90. The lowest BCUT2D eigenvalue weighted by Gasteiger charge is -2.14. The number of carbonyl (C=O) groups is 1. The quantitative estimate of drug-likeness (QED) is 0.831. The summed E-state index contributed by atoms with van der Waals surface area (Å²) in [6.45, 7) is 3.09. The van der Waals surface area contributed by atoms with Gasteiger partial charge in [-0.3, -0.25) is 0 Å². The molecule has 1 aromatic carbocycles. The van der Waals surface area contributed by atoms with Gasteiger partial charge < -0.3 is 9.84 Å². The molecule has 0 aliphatic carbocycles. The fraction of sp³-hybridized carbons (Fsp3) is 0.182. The van der Waals surface area contributed by atoms with Crippen molar-refractivity contribution in [2.24, 2.45) is 0 Å². The summed E-state index contributed by atoms with van der Waals surface area (Å²) in [6, 6.07) is 2.84. The van der Waals surface area contributed by atoms with E-state index in [1.807, 2.05) is 0 Å². The molecule has 92 valence electrons. The number of carboxylic acid groups (broad SMARTS) is 1. The number of ether oxygens (including phenoxy) is 1. The Hall–Kier alpha value is -1.98. The highest BCUT2D eigenvalue weighted by Crippen LogP contribution is 2.38. The highest BCUT2D eigenvalue weighted by atomic mass is 19.4. The maximum absolute atomic E-state index is 12.6. The molecule has 0 unspecified atom stereocenters. The number of hydrogen-bond acceptors (Lipinski definition) is 2. The molecule has 1 N–H and O–H groups in total. The minimum atomic E-state index is -4.66. The molecule has 0 bridgehead atoms. The van der Waals surface area contributed by atoms with Crippen molar-refractivity contribution in [3.63, 3.8) is 0 Å². The average Bonchev–Trinajstić information content (AvgIpc) is 2.24. The molecule has 0 aromatic heterocycles. The highest BCUT2D eigenvalue weighted by molar-refractivity contribution is 5.91. The van der Waals surface area contributed by atoms with Crippen molar-refractivity contribution < 1.29 is 27.8 Å². The van der Waals surface area contributed by atoms with Gasteiger partial charge in [0.05, 0.1) is 5.56 Å². The topological polar surface area (TPSA) is 46.5 Å². The van der Waals surface area contributed by atoms with Crippen molar-refractivity contribution in [3.8, 4) is 5.75 Å². The van der Waals surface area contributed by atoms with Crippen molar-refractivity contribution >= 4 is 5.97 Å². The van der Waals surface area contributed by atoms with Crippen LogP contribution in [0, 0.1) is 0 Å². The summed E-state index contributed by atoms with van der Waals surface area (Å²) in [7, 11) is 0. The van der Waals surface area contributed by atoms with Gasteiger partial charge in [-0.25, -0.2) is 4.79 Å². The van der Waals surface area contributed by atoms with E-state index in [1.165, 1.54) is 6.08 Å². The number of carboxylic acids is 1. The number of alkyl halides is 3. The summed E-state index contributed by atoms with van der Waals surface area (Å²) in [6.07, 6.45) is -3.43. The Kier molecular flexibility index (Phi) is 3.77. The summed E-state index contributed by atoms with van der Waals surface area (Å²) in [5, 5.41) is 8.78. The Morgan fingerprint density at radius 3 is 2.59 bits per heavy atom. The lowest BCUT2D eigenvalue weighted by Crippen LogP contribution is -2.12. The van der Waals surface area contributed by atoms with Crippen LogP contribution in [0.1, 0.15) is 15.9 Å². The number of aromatic carboxylic acids is 1. The molecule has 0 amide bonds. The number of benzene rings is 1. The second-order valence-electron chi connectivity index (χ2n) is 3.08. The van der Waals surface area contributed by atoms with Gasteiger partial charge in [0, 0.05) is 0 Å². The van der Waals surface area contributed by atoms with Gasteiger partial charge in [0.25, 0.3) is 0 Å². The molecule has 0 heterocycles. The van der Waals surface area contributed by atoms with Crippen LogP contribution in [0.25, 0.3) is 0 Å². The SMILES string of the molecule is C=CCOc1c(C(=O)O)cccc1C(F)(F)F. The van der Waals surface area contributed by atoms with Crippen molar-refractivity contribution in [1.29, 1.82) is 0 Å². The molecule has 0 radical (unpaired) electrons. The van der Waals surface area contributed by atoms with Crippen molar-refractivity contribution in [3.05, 3.63) is 42.0 Å². The first kappa shape index (κ1) is 13.1. The van der Waals surface area contributed by atoms with Gasteiger partial charge in [0.1, 0.15) is 17.9 Å². The maximum atomic E-state index is 12.6. The van der Waals surface area contributed by atoms with Crippen LogP contribution in [0.2, 0.25) is 0 Å². The standard InChI is InChI=1S/C11H9F3O3/c1-2-6-17-9-7(10(15)16)4-3-5-8(9)11(12,13)14/h2-5H,1,6H2,(H,15,16). The molecule has 0 atom stereocenters. The van der Waals surface area contributed by atoms with Crippen LogP contribution in [0.4, 0.5) is 13.2 Å². The van der Waals surface area contributed by atoms with E-state index in [-0.39, 0.29) is 6.61 Å². The van der Waals surface area contributed by atoms with Crippen LogP contribution >= 0.6 is 0 Å². The van der Waals surface area contributed by atoms with E-state index >= 15 is 0 Å². The predicted molar refractivity (Wildman–Crippen MR) is 54.1 cm³/mol. The smallest absolute Gasteiger partial charge is 0.419 e. The molecular formula is C11H9F3O3. The maximum Gasteiger partial charge on any atom is 0.419 e. The van der Waals surface area contributed by atoms with E-state index in [2.05, 4.69) is 6.58 Å². The molecule has 0 aliphatic heterocycles. The fourth-order valence-corrected chi connectivity index (χ4v) is 1.23. The zero-order valence-electron chi connectivity index (χ0n) is 8.62. The molecule has 0 fully saturated rings. The molecule has 3 nitrogen and oxygen atoms in total. The van der Waals surface area contributed by atoms with E-state index in [9.17, 15) is 18.0 Å². The fourth-order valence-electron chi connectivity index (χ4n) is 1.23. The summed E-state index contributed by atoms with van der Waals surface area (Å²) in [5.41, 5.74) is -1.64. The van der Waals surface area contributed by atoms with Crippen LogP contribution in [0.3, 0.4) is 0 Å². The number of para-hydroxylation sites is 1. The lowest BCUT2D eigenvalue weighted by molar-refractivity contribution is -0.138. The molecular weight excluding hydrogens is 237 g/mol. The monoisotopic (exact) mass is 246 g/mol. The third kappa shape index (κ3) is 2.99. The van der Waals surface area contributed by atoms with Gasteiger partial charge in [-0.15, -0.1) is 0 Å². The summed E-state index contributed by atoms with van der Waals surface area (Å²) in [4.78, 5) is 10.8. The van der Waals surface area contributed by atoms with Crippen LogP contribution in [-0.2, 0) is 6.18 Å². The van der Waals surface area contributed by atoms with E-state index < -0.39 is 29.0 Å². The van der Waals surface area contributed by atoms with E-state index in [0.29, 0.717) is 0 Å². The van der Waals surface area contributed by atoms with Crippen LogP contribution < -0.4 is 4.74 Å². The van der Waals surface area contributed by atoms with Crippen molar-refractivity contribution in [2.75, 3.05) is 6.61 Å². The van der Waals surface area contributed by atoms with Gasteiger partial charge in [-0.05, 0) is 12.1 Å². The first-order chi connectivity index (χ1) is 7.88. The summed E-state index contributed by atoms with van der Waals surface area (Å²) < 4.78 is 42.6. The van der Waals surface area contributed by atoms with Crippen molar-refractivity contribution in [1.82, 2.24) is 0 Å². The Balaban J connectivity index is 3.34. The highest BCUT2D eigenvalue weighted by Gasteiger charge is 2.36. The van der Waals surface area contributed by atoms with Gasteiger partial charge in [0.2, 0.25) is 0 Å². The van der Waals surface area contributed by atoms with Gasteiger partial charge in [-0.1, -0.05) is 18.7 Å². The predicted octanol–water partition coefficient (Wildman–Crippen LogP) is 2.97. The Bertz CT molecular complexity index is 438. The Morgan fingerprint density at radius 2 is 2.12 bits per heavy atom. The number of hydrogen-bond donors (Lipinski definition) is 1. The van der Waals surface area contributed by atoms with Crippen LogP contribution in [0.15, 0.2) is 30.9 Å². The third-order valence-electron chi connectivity index (χ3n) is 1.90. The minimum absolute atomic E-state index is 0.201. The molecule has 0 aliphatic rings. The molecule has 0 spiro atoms. The second-order valence-corrected chi connectivity index (χ2v) is 3.08. The average molecular weight is 246 g/mol. The first-order valence-corrected chi connectivity index (χ1v) is 4.55. The minimum Gasteiger partial charge on any atom is -0.488 e. The van der Waals surface area contributed by atoms with E-state index in [0.717, 1.165) is 18.2 Å². The summed E-state index contributed by atoms with van der Waals surface area (Å²) in [5.74, 6) is -2.16. The molecule has 17 heavy (non-hydrogen) atoms. The van der Waals surface area contributed by atoms with Crippen molar-refractivity contribution in [2.45, 2.75) is 6.18 Å². The third-order valence-corrected chi connectivity index (χ3v) is 1.90. The molecule has 6 heteroatoms. The number of rotatable bonds is 4. The molecule has 1 rings (SSSR count).